The fourth-order valence-electron chi connectivity index (χ4n) is 7.98. The molecule has 0 amide bonds. The summed E-state index contributed by atoms with van der Waals surface area (Å²) in [5, 5.41) is 20.2. The zero-order valence-corrected chi connectivity index (χ0v) is 37.9. The van der Waals surface area contributed by atoms with Crippen molar-refractivity contribution in [3.63, 3.8) is 0 Å². The standard InChI is InChI=1S/C28H17BrO.C14H10Br2O.C14H10O/c29-20-16-14-19(15-17-20)27-25(18-8-2-1-3-9-18)26-23-12-6-4-10-21(23)22-11-5-7-13-24(22)28(26)30-27;15-12-8-6-11(7-9-12)14(17)13(16)10-4-2-1-3-5-10;15-14-9-10-5-1-2-6-11(10)12-7-3-4-8-13(12)14/h1-17H;1-9,13H;1-9,15H. The lowest BCUT2D eigenvalue weighted by atomic mass is 9.92. The van der Waals surface area contributed by atoms with E-state index in [-0.39, 0.29) is 10.6 Å². The number of alkyl halides is 1. The quantitative estimate of drug-likeness (QED) is 0.106. The molecule has 0 radical (unpaired) electrons. The number of ketones is 1. The molecule has 0 aliphatic heterocycles. The summed E-state index contributed by atoms with van der Waals surface area (Å²) in [6.45, 7) is 0. The van der Waals surface area contributed by atoms with Gasteiger partial charge < -0.3 is 9.52 Å². The van der Waals surface area contributed by atoms with Crippen LogP contribution in [0.5, 0.6) is 5.75 Å². The molecule has 62 heavy (non-hydrogen) atoms. The van der Waals surface area contributed by atoms with Crippen molar-refractivity contribution < 1.29 is 14.3 Å². The second-order valence-electron chi connectivity index (χ2n) is 14.8. The molecule has 0 fully saturated rings. The highest BCUT2D eigenvalue weighted by molar-refractivity contribution is 9.10. The van der Waals surface area contributed by atoms with Gasteiger partial charge in [0, 0.05) is 41.8 Å². The first kappa shape index (κ1) is 41.1. The van der Waals surface area contributed by atoms with Crippen LogP contribution in [0, 0.1) is 0 Å². The second kappa shape index (κ2) is 18.3. The maximum Gasteiger partial charge on any atom is 0.180 e. The highest BCUT2D eigenvalue weighted by Gasteiger charge is 2.22. The predicted molar refractivity (Wildman–Crippen MR) is 269 cm³/mol. The molecule has 0 saturated carbocycles. The Balaban J connectivity index is 0.000000130. The number of phenols is 1. The number of carbonyl (C=O) groups excluding carboxylic acids is 1. The van der Waals surface area contributed by atoms with Gasteiger partial charge in [0.15, 0.2) is 5.78 Å². The highest BCUT2D eigenvalue weighted by Crippen LogP contribution is 2.47. The number of hydrogen-bond acceptors (Lipinski definition) is 3. The van der Waals surface area contributed by atoms with Crippen LogP contribution in [-0.4, -0.2) is 10.9 Å². The summed E-state index contributed by atoms with van der Waals surface area (Å²) >= 11 is 10.3. The minimum atomic E-state index is -0.287. The number of benzene rings is 10. The monoisotopic (exact) mass is 994 g/mol. The van der Waals surface area contributed by atoms with Gasteiger partial charge in [-0.15, -0.1) is 0 Å². The Bertz CT molecular complexity index is 3340. The maximum absolute atomic E-state index is 12.2. The van der Waals surface area contributed by atoms with Crippen molar-refractivity contribution in [2.75, 3.05) is 0 Å². The third-order valence-corrected chi connectivity index (χ3v) is 12.9. The molecule has 0 bridgehead atoms. The van der Waals surface area contributed by atoms with E-state index < -0.39 is 0 Å². The molecule has 10 aromatic carbocycles. The summed E-state index contributed by atoms with van der Waals surface area (Å²) in [6, 6.07) is 71.0. The first-order valence-corrected chi connectivity index (χ1v) is 22.6. The van der Waals surface area contributed by atoms with E-state index in [9.17, 15) is 9.90 Å². The van der Waals surface area contributed by atoms with Crippen LogP contribution < -0.4 is 0 Å². The zero-order chi connectivity index (χ0) is 42.6. The van der Waals surface area contributed by atoms with Gasteiger partial charge in [0.1, 0.15) is 21.9 Å². The molecule has 3 nitrogen and oxygen atoms in total. The van der Waals surface area contributed by atoms with E-state index in [0.29, 0.717) is 11.3 Å². The Labute approximate surface area is 384 Å². The fraction of sp³-hybridized carbons (Fsp3) is 0.0179. The lowest BCUT2D eigenvalue weighted by Gasteiger charge is -2.09. The summed E-state index contributed by atoms with van der Waals surface area (Å²) < 4.78 is 8.71. The number of halogens is 3. The molecule has 1 N–H and O–H groups in total. The average molecular weight is 998 g/mol. The van der Waals surface area contributed by atoms with Gasteiger partial charge in [0.25, 0.3) is 0 Å². The Hall–Kier alpha value is -6.31. The van der Waals surface area contributed by atoms with Crippen LogP contribution in [-0.2, 0) is 0 Å². The largest absolute Gasteiger partial charge is 0.507 e. The van der Waals surface area contributed by atoms with E-state index in [1.807, 2.05) is 103 Å². The van der Waals surface area contributed by atoms with Crippen LogP contribution in [0.1, 0.15) is 20.7 Å². The van der Waals surface area contributed by atoms with Crippen molar-refractivity contribution >= 4 is 108 Å². The molecular formula is C56H37Br3O3. The lowest BCUT2D eigenvalue weighted by Crippen LogP contribution is -2.06. The van der Waals surface area contributed by atoms with Crippen molar-refractivity contribution in [1.29, 1.82) is 0 Å². The average Bonchev–Trinajstić information content (AvgIpc) is 3.74. The van der Waals surface area contributed by atoms with Gasteiger partial charge >= 0.3 is 0 Å². The molecule has 0 saturated heterocycles. The molecule has 11 rings (SSSR count). The third-order valence-electron chi connectivity index (χ3n) is 10.9. The minimum Gasteiger partial charge on any atom is -0.507 e. The fourth-order valence-corrected chi connectivity index (χ4v) is 9.08. The van der Waals surface area contributed by atoms with Crippen LogP contribution in [0.2, 0.25) is 0 Å². The SMILES string of the molecule is Brc1ccc(-c2oc3c4ccccc4c4ccccc4c3c2-c2ccccc2)cc1.O=C(c1ccc(Br)cc1)C(Br)c1ccccc1.Oc1cc2ccccc2c2ccccc12. The van der Waals surface area contributed by atoms with Crippen molar-refractivity contribution in [2.24, 2.45) is 0 Å². The van der Waals surface area contributed by atoms with Crippen molar-refractivity contribution in [3.05, 3.63) is 232 Å². The van der Waals surface area contributed by atoms with E-state index in [1.165, 1.54) is 26.9 Å². The second-order valence-corrected chi connectivity index (χ2v) is 17.5. The first-order chi connectivity index (χ1) is 30.4. The summed E-state index contributed by atoms with van der Waals surface area (Å²) in [5.41, 5.74) is 6.01. The van der Waals surface area contributed by atoms with Gasteiger partial charge in [0.2, 0.25) is 0 Å². The summed E-state index contributed by atoms with van der Waals surface area (Å²) in [6.07, 6.45) is 0. The van der Waals surface area contributed by atoms with Gasteiger partial charge in [-0.25, -0.2) is 0 Å². The lowest BCUT2D eigenvalue weighted by molar-refractivity contribution is 0.0991. The number of phenolic OH excluding ortho intramolecular Hbond substituents is 1. The zero-order valence-electron chi connectivity index (χ0n) is 33.2. The Morgan fingerprint density at radius 1 is 0.468 bits per heavy atom. The minimum absolute atomic E-state index is 0.0729. The van der Waals surface area contributed by atoms with Crippen molar-refractivity contribution in [1.82, 2.24) is 0 Å². The molecule has 1 unspecified atom stereocenters. The van der Waals surface area contributed by atoms with Crippen molar-refractivity contribution in [2.45, 2.75) is 4.83 Å². The van der Waals surface area contributed by atoms with Crippen LogP contribution in [0.4, 0.5) is 0 Å². The highest BCUT2D eigenvalue weighted by atomic mass is 79.9. The summed E-state index contributed by atoms with van der Waals surface area (Å²) in [7, 11) is 0. The smallest absolute Gasteiger partial charge is 0.180 e. The van der Waals surface area contributed by atoms with E-state index in [2.05, 4.69) is 157 Å². The van der Waals surface area contributed by atoms with Gasteiger partial charge in [0.05, 0.1) is 0 Å². The number of rotatable bonds is 5. The third kappa shape index (κ3) is 8.34. The Morgan fingerprint density at radius 2 is 0.935 bits per heavy atom. The molecule has 1 atom stereocenters. The predicted octanol–water partition coefficient (Wildman–Crippen LogP) is 17.3. The molecule has 11 aromatic rings. The van der Waals surface area contributed by atoms with Crippen LogP contribution in [0.3, 0.4) is 0 Å². The van der Waals surface area contributed by atoms with E-state index in [4.69, 9.17) is 4.42 Å². The molecule has 1 heterocycles. The van der Waals surface area contributed by atoms with Gasteiger partial charge in [-0.2, -0.15) is 0 Å². The molecule has 0 aliphatic rings. The van der Waals surface area contributed by atoms with Gasteiger partial charge in [-0.05, 0) is 73.8 Å². The van der Waals surface area contributed by atoms with Crippen LogP contribution >= 0.6 is 47.8 Å². The first-order valence-electron chi connectivity index (χ1n) is 20.1. The number of Topliss-reactive ketones (excluding diaryl/α,β-unsaturated/α-hetero) is 1. The topological polar surface area (TPSA) is 50.4 Å². The summed E-state index contributed by atoms with van der Waals surface area (Å²) in [5.74, 6) is 1.33. The Morgan fingerprint density at radius 3 is 1.56 bits per heavy atom. The molecule has 1 aromatic heterocycles. The molecule has 300 valence electrons. The Kier molecular flexibility index (Phi) is 12.2. The van der Waals surface area contributed by atoms with E-state index >= 15 is 0 Å². The number of aromatic hydroxyl groups is 1. The van der Waals surface area contributed by atoms with Crippen LogP contribution in [0.25, 0.3) is 76.5 Å². The maximum atomic E-state index is 12.2. The van der Waals surface area contributed by atoms with Crippen LogP contribution in [0.15, 0.2) is 226 Å². The molecule has 0 spiro atoms. The molecule has 0 aliphatic carbocycles. The number of fused-ring (bicyclic) bond motifs is 9. The number of hydrogen-bond donors (Lipinski definition) is 1. The summed E-state index contributed by atoms with van der Waals surface area (Å²) in [4.78, 5) is 11.9. The van der Waals surface area contributed by atoms with E-state index in [1.54, 1.807) is 0 Å². The van der Waals surface area contributed by atoms with Crippen molar-refractivity contribution in [3.8, 4) is 28.2 Å². The normalized spacial score (nSPS) is 11.5. The van der Waals surface area contributed by atoms with Gasteiger partial charge in [-0.1, -0.05) is 230 Å². The van der Waals surface area contributed by atoms with Gasteiger partial charge in [-0.3, -0.25) is 4.79 Å². The molecular weight excluding hydrogens is 960 g/mol. The van der Waals surface area contributed by atoms with E-state index in [0.717, 1.165) is 64.1 Å². The number of carbonyl (C=O) groups is 1. The molecule has 6 heteroatoms. The number of furan rings is 1.